The van der Waals surface area contributed by atoms with E-state index in [1.54, 1.807) is 20.8 Å². The lowest BCUT2D eigenvalue weighted by Crippen LogP contribution is -2.53. The van der Waals surface area contributed by atoms with Crippen LogP contribution >= 0.6 is 0 Å². The highest BCUT2D eigenvalue weighted by atomic mass is 16.6. The van der Waals surface area contributed by atoms with Crippen LogP contribution in [0.1, 0.15) is 60.3 Å². The molecular formula is C24H38N6O4. The third-order valence-electron chi connectivity index (χ3n) is 5.39. The minimum absolute atomic E-state index is 0.00460. The number of carbonyl (C=O) groups excluding carboxylic acids is 3. The average molecular weight is 475 g/mol. The molecule has 0 aromatic rings. The van der Waals surface area contributed by atoms with Gasteiger partial charge in [0.15, 0.2) is 0 Å². The van der Waals surface area contributed by atoms with Gasteiger partial charge in [-0.15, -0.1) is 0 Å². The van der Waals surface area contributed by atoms with E-state index in [-0.39, 0.29) is 23.4 Å². The smallest absolute Gasteiger partial charge is 0.411 e. The first-order valence-electron chi connectivity index (χ1n) is 11.7. The van der Waals surface area contributed by atoms with Gasteiger partial charge in [-0.2, -0.15) is 0 Å². The van der Waals surface area contributed by atoms with Gasteiger partial charge in [0.2, 0.25) is 5.91 Å². The van der Waals surface area contributed by atoms with Crippen LogP contribution in [0.4, 0.5) is 4.79 Å². The maximum atomic E-state index is 13.3. The van der Waals surface area contributed by atoms with Gasteiger partial charge in [-0.05, 0) is 84.1 Å². The molecule has 188 valence electrons. The quantitative estimate of drug-likeness (QED) is 0.189. The minimum Gasteiger partial charge on any atom is -0.444 e. The monoisotopic (exact) mass is 474 g/mol. The van der Waals surface area contributed by atoms with Crippen LogP contribution in [0.3, 0.4) is 0 Å². The molecular weight excluding hydrogens is 436 g/mol. The van der Waals surface area contributed by atoms with Crippen molar-refractivity contribution < 1.29 is 19.1 Å². The third kappa shape index (κ3) is 8.99. The second-order valence-electron chi connectivity index (χ2n) is 10.1. The molecule has 2 aliphatic carbocycles. The number of carbonyl (C=O) groups is 3. The molecule has 10 heteroatoms. The van der Waals surface area contributed by atoms with Crippen molar-refractivity contribution in [3.63, 3.8) is 0 Å². The van der Waals surface area contributed by atoms with Crippen molar-refractivity contribution in [1.29, 1.82) is 10.8 Å². The van der Waals surface area contributed by atoms with Gasteiger partial charge >= 0.3 is 6.09 Å². The van der Waals surface area contributed by atoms with Crippen molar-refractivity contribution in [2.45, 2.75) is 78.0 Å². The van der Waals surface area contributed by atoms with Gasteiger partial charge < -0.3 is 31.5 Å². The second kappa shape index (κ2) is 11.8. The van der Waals surface area contributed by atoms with E-state index in [0.29, 0.717) is 11.8 Å². The van der Waals surface area contributed by atoms with Crippen molar-refractivity contribution in [3.8, 4) is 0 Å². The highest BCUT2D eigenvalue weighted by Gasteiger charge is 2.48. The van der Waals surface area contributed by atoms with Gasteiger partial charge in [0.05, 0.1) is 5.70 Å². The Labute approximate surface area is 201 Å². The first kappa shape index (κ1) is 27.1. The number of hydrogen-bond donors (Lipinski definition) is 6. The van der Waals surface area contributed by atoms with Gasteiger partial charge in [0.25, 0.3) is 5.91 Å². The second-order valence-corrected chi connectivity index (χ2v) is 10.1. The molecule has 0 bridgehead atoms. The fraction of sp³-hybridized carbons (Fsp3) is 0.625. The summed E-state index contributed by atoms with van der Waals surface area (Å²) in [5.74, 6) is -0.185. The molecule has 0 aromatic carbocycles. The van der Waals surface area contributed by atoms with Gasteiger partial charge in [-0.3, -0.25) is 14.9 Å². The molecule has 0 heterocycles. The molecule has 2 saturated carbocycles. The molecule has 0 saturated heterocycles. The first-order valence-corrected chi connectivity index (χ1v) is 11.7. The molecule has 0 spiro atoms. The van der Waals surface area contributed by atoms with Gasteiger partial charge in [-0.25, -0.2) is 4.79 Å². The third-order valence-corrected chi connectivity index (χ3v) is 5.39. The van der Waals surface area contributed by atoms with E-state index in [4.69, 9.17) is 15.6 Å². The van der Waals surface area contributed by atoms with Crippen LogP contribution in [0, 0.1) is 28.6 Å². The molecule has 1 atom stereocenters. The first-order chi connectivity index (χ1) is 15.9. The van der Waals surface area contributed by atoms with Crippen LogP contribution in [0.15, 0.2) is 23.7 Å². The lowest BCUT2D eigenvalue weighted by atomic mass is 9.88. The van der Waals surface area contributed by atoms with Crippen molar-refractivity contribution >= 4 is 30.3 Å². The molecule has 2 fully saturated rings. The summed E-state index contributed by atoms with van der Waals surface area (Å²) in [4.78, 5) is 38.3. The molecule has 0 aliphatic heterocycles. The van der Waals surface area contributed by atoms with Gasteiger partial charge in [0.1, 0.15) is 17.3 Å². The largest absolute Gasteiger partial charge is 0.444 e. The Morgan fingerprint density at radius 3 is 2.03 bits per heavy atom. The van der Waals surface area contributed by atoms with E-state index in [1.165, 1.54) is 12.3 Å². The van der Waals surface area contributed by atoms with Crippen LogP contribution in [-0.2, 0) is 14.3 Å². The summed E-state index contributed by atoms with van der Waals surface area (Å²) in [6.07, 6.45) is 7.85. The average Bonchev–Trinajstić information content (AvgIpc) is 3.63. The molecule has 10 nitrogen and oxygen atoms in total. The summed E-state index contributed by atoms with van der Waals surface area (Å²) in [7, 11) is 0. The van der Waals surface area contributed by atoms with Crippen LogP contribution in [-0.4, -0.2) is 48.0 Å². The predicted molar refractivity (Wildman–Crippen MR) is 130 cm³/mol. The Balaban J connectivity index is 2.18. The number of nitrogens with one attached hydrogen (secondary N) is 6. The molecule has 6 N–H and O–H groups in total. The van der Waals surface area contributed by atoms with Crippen LogP contribution in [0.2, 0.25) is 0 Å². The van der Waals surface area contributed by atoms with Crippen molar-refractivity contribution in [2.24, 2.45) is 17.8 Å². The number of ether oxygens (including phenoxy) is 1. The number of hydrogen-bond acceptors (Lipinski definition) is 7. The molecule has 0 unspecified atom stereocenters. The summed E-state index contributed by atoms with van der Waals surface area (Å²) in [6, 6.07) is -0.835. The number of alkyl carbamates (subject to hydrolysis) is 1. The highest BCUT2D eigenvalue weighted by Crippen LogP contribution is 2.50. The van der Waals surface area contributed by atoms with Crippen LogP contribution < -0.4 is 21.3 Å². The normalized spacial score (nSPS) is 17.6. The molecule has 34 heavy (non-hydrogen) atoms. The Morgan fingerprint density at radius 2 is 1.59 bits per heavy atom. The molecule has 2 rings (SSSR count). The van der Waals surface area contributed by atoms with E-state index in [0.717, 1.165) is 38.1 Å². The van der Waals surface area contributed by atoms with E-state index >= 15 is 0 Å². The summed E-state index contributed by atoms with van der Waals surface area (Å²) in [5.41, 5.74) is -0.409. The van der Waals surface area contributed by atoms with Crippen LogP contribution in [0.5, 0.6) is 0 Å². The summed E-state index contributed by atoms with van der Waals surface area (Å²) in [6.45, 7) is 8.95. The van der Waals surface area contributed by atoms with Crippen molar-refractivity contribution in [3.05, 3.63) is 23.7 Å². The van der Waals surface area contributed by atoms with E-state index in [1.807, 2.05) is 13.8 Å². The fourth-order valence-corrected chi connectivity index (χ4v) is 3.81. The van der Waals surface area contributed by atoms with Crippen molar-refractivity contribution in [1.82, 2.24) is 21.3 Å². The zero-order valence-electron chi connectivity index (χ0n) is 20.7. The summed E-state index contributed by atoms with van der Waals surface area (Å²) < 4.78 is 5.17. The molecule has 2 aliphatic rings. The number of allylic oxidation sites excluding steroid dienone is 2. The lowest BCUT2D eigenvalue weighted by molar-refractivity contribution is -0.129. The van der Waals surface area contributed by atoms with Crippen LogP contribution in [0.25, 0.3) is 0 Å². The Morgan fingerprint density at radius 1 is 1.00 bits per heavy atom. The zero-order chi connectivity index (χ0) is 25.5. The Bertz CT molecular complexity index is 838. The number of rotatable bonds is 12. The lowest BCUT2D eigenvalue weighted by Gasteiger charge is -2.28. The standard InChI is InChI=1S/C24H38N6O4/c1-14(2)28-18(10-11-25)21(31)30-20(19(15-6-7-15)16-8-9-16)22(32)29-17(12-26)13-27-23(33)34-24(3,4)5/h10-16,19-20,25-26,28H,6-9H2,1-5H3,(H,27,33)(H,29,32)(H,30,31)/b17-13+,18-10-,25-11?,26-12?/t20-/m0/s1. The topological polar surface area (TPSA) is 156 Å². The maximum Gasteiger partial charge on any atom is 0.411 e. The van der Waals surface area contributed by atoms with E-state index < -0.39 is 29.6 Å². The Kier molecular flexibility index (Phi) is 9.40. The highest BCUT2D eigenvalue weighted by molar-refractivity contribution is 6.00. The number of amides is 3. The zero-order valence-corrected chi connectivity index (χ0v) is 20.7. The van der Waals surface area contributed by atoms with Crippen molar-refractivity contribution in [2.75, 3.05) is 0 Å². The molecule has 0 aromatic heterocycles. The van der Waals surface area contributed by atoms with E-state index in [2.05, 4.69) is 21.3 Å². The molecule has 3 amide bonds. The molecule has 0 radical (unpaired) electrons. The summed E-state index contributed by atoms with van der Waals surface area (Å²) in [5, 5.41) is 25.9. The SMILES string of the molecule is CC(C)N/C(=C\C=N)C(=O)N[C@H](C(=O)N/C(C=N)=C/NC(=O)OC(C)(C)C)C(C1CC1)C1CC1. The minimum atomic E-state index is -0.805. The fourth-order valence-electron chi connectivity index (χ4n) is 3.81. The Hall–Kier alpha value is -3.17. The predicted octanol–water partition coefficient (Wildman–Crippen LogP) is 2.57. The maximum absolute atomic E-state index is 13.3. The van der Waals surface area contributed by atoms with Gasteiger partial charge in [-0.1, -0.05) is 0 Å². The summed E-state index contributed by atoms with van der Waals surface area (Å²) >= 11 is 0. The van der Waals surface area contributed by atoms with E-state index in [9.17, 15) is 14.4 Å². The van der Waals surface area contributed by atoms with Gasteiger partial charge in [0, 0.05) is 24.7 Å².